The normalized spacial score (nSPS) is 11.4. The average Bonchev–Trinajstić information content (AvgIpc) is 2.40. The third-order valence-corrected chi connectivity index (χ3v) is 2.62. The van der Waals surface area contributed by atoms with Crippen molar-refractivity contribution in [1.29, 1.82) is 0 Å². The third kappa shape index (κ3) is 6.44. The first kappa shape index (κ1) is 17.2. The van der Waals surface area contributed by atoms with Crippen molar-refractivity contribution in [3.05, 3.63) is 33.9 Å². The monoisotopic (exact) mass is 306 g/mol. The number of nitro benzene ring substituents is 1. The van der Waals surface area contributed by atoms with Gasteiger partial charge in [0.25, 0.3) is 5.69 Å². The molecular formula is C13H17F3N2O3. The van der Waals surface area contributed by atoms with Crippen molar-refractivity contribution in [3.63, 3.8) is 0 Å². The molecule has 0 saturated carbocycles. The molecule has 0 fully saturated rings. The number of ether oxygens (including phenoxy) is 1. The number of alkyl halides is 3. The lowest BCUT2D eigenvalue weighted by molar-refractivity contribution is -0.384. The van der Waals surface area contributed by atoms with Gasteiger partial charge in [0.1, 0.15) is 5.69 Å². The molecule has 21 heavy (non-hydrogen) atoms. The second-order valence-corrected chi connectivity index (χ2v) is 4.45. The molecule has 1 aromatic carbocycles. The Kier molecular flexibility index (Phi) is 6.41. The maximum absolute atomic E-state index is 11.9. The summed E-state index contributed by atoms with van der Waals surface area (Å²) in [5.41, 5.74) is 0.743. The Morgan fingerprint density at radius 1 is 1.38 bits per heavy atom. The molecule has 0 heterocycles. The van der Waals surface area contributed by atoms with E-state index in [1.165, 1.54) is 12.1 Å². The second-order valence-electron chi connectivity index (χ2n) is 4.45. The van der Waals surface area contributed by atoms with E-state index < -0.39 is 24.1 Å². The molecule has 0 unspecified atom stereocenters. The summed E-state index contributed by atoms with van der Waals surface area (Å²) in [4.78, 5) is 10.4. The van der Waals surface area contributed by atoms with E-state index in [4.69, 9.17) is 4.74 Å². The van der Waals surface area contributed by atoms with Gasteiger partial charge >= 0.3 is 6.18 Å². The van der Waals surface area contributed by atoms with Crippen LogP contribution >= 0.6 is 0 Å². The predicted octanol–water partition coefficient (Wildman–Crippen LogP) is 3.89. The highest BCUT2D eigenvalue weighted by atomic mass is 19.4. The molecule has 0 bridgehead atoms. The zero-order chi connectivity index (χ0) is 15.9. The first-order valence-corrected chi connectivity index (χ1v) is 6.49. The van der Waals surface area contributed by atoms with E-state index in [2.05, 4.69) is 5.32 Å². The first-order valence-electron chi connectivity index (χ1n) is 6.49. The van der Waals surface area contributed by atoms with Gasteiger partial charge < -0.3 is 10.1 Å². The summed E-state index contributed by atoms with van der Waals surface area (Å²) >= 11 is 0. The van der Waals surface area contributed by atoms with Gasteiger partial charge in [0.15, 0.2) is 0 Å². The van der Waals surface area contributed by atoms with Crippen LogP contribution in [0.25, 0.3) is 0 Å². The number of nitro groups is 1. The Morgan fingerprint density at radius 3 is 2.67 bits per heavy atom. The molecule has 0 saturated heterocycles. The first-order chi connectivity index (χ1) is 9.83. The molecule has 0 aliphatic heterocycles. The Morgan fingerprint density at radius 2 is 2.10 bits per heavy atom. The molecule has 0 radical (unpaired) electrons. The lowest BCUT2D eigenvalue weighted by Gasteiger charge is -2.09. The van der Waals surface area contributed by atoms with Crippen LogP contribution in [-0.2, 0) is 11.3 Å². The van der Waals surface area contributed by atoms with Crippen LogP contribution in [0.1, 0.15) is 25.3 Å². The van der Waals surface area contributed by atoms with Gasteiger partial charge in [-0.25, -0.2) is 0 Å². The third-order valence-electron chi connectivity index (χ3n) is 2.62. The molecule has 8 heteroatoms. The minimum atomic E-state index is -4.26. The van der Waals surface area contributed by atoms with Crippen LogP contribution in [0.5, 0.6) is 0 Å². The standard InChI is InChI=1S/C13H17F3N2O3/c1-2-6-17-11-4-3-10(8-12(11)18(19)20)9-21-7-5-13(14,15)16/h3-4,8,17H,2,5-7,9H2,1H3. The van der Waals surface area contributed by atoms with Gasteiger partial charge in [0, 0.05) is 12.6 Å². The van der Waals surface area contributed by atoms with Gasteiger partial charge in [0.2, 0.25) is 0 Å². The van der Waals surface area contributed by atoms with Crippen LogP contribution in [0.2, 0.25) is 0 Å². The van der Waals surface area contributed by atoms with Crippen molar-refractivity contribution in [1.82, 2.24) is 0 Å². The van der Waals surface area contributed by atoms with E-state index in [-0.39, 0.29) is 12.3 Å². The van der Waals surface area contributed by atoms with E-state index in [0.717, 1.165) is 6.42 Å². The summed E-state index contributed by atoms with van der Waals surface area (Å²) in [6, 6.07) is 4.44. The topological polar surface area (TPSA) is 64.4 Å². The van der Waals surface area contributed by atoms with Gasteiger partial charge in [-0.15, -0.1) is 0 Å². The fourth-order valence-electron chi connectivity index (χ4n) is 1.61. The number of hydrogen-bond acceptors (Lipinski definition) is 4. The Balaban J connectivity index is 2.63. The zero-order valence-corrected chi connectivity index (χ0v) is 11.6. The Labute approximate surface area is 120 Å². The van der Waals surface area contributed by atoms with Crippen molar-refractivity contribution in [2.45, 2.75) is 32.5 Å². The number of nitrogens with one attached hydrogen (secondary N) is 1. The van der Waals surface area contributed by atoms with Gasteiger partial charge in [-0.3, -0.25) is 10.1 Å². The van der Waals surface area contributed by atoms with Crippen LogP contribution in [0.15, 0.2) is 18.2 Å². The number of benzene rings is 1. The lowest BCUT2D eigenvalue weighted by atomic mass is 10.2. The molecule has 0 aromatic heterocycles. The molecule has 0 aliphatic rings. The van der Waals surface area contributed by atoms with Crippen LogP contribution in [0, 0.1) is 10.1 Å². The van der Waals surface area contributed by atoms with E-state index in [1.807, 2.05) is 6.92 Å². The van der Waals surface area contributed by atoms with Crippen LogP contribution in [-0.4, -0.2) is 24.3 Å². The highest BCUT2D eigenvalue weighted by molar-refractivity contribution is 5.62. The van der Waals surface area contributed by atoms with Crippen molar-refractivity contribution in [2.75, 3.05) is 18.5 Å². The van der Waals surface area contributed by atoms with E-state index >= 15 is 0 Å². The molecule has 5 nitrogen and oxygen atoms in total. The maximum Gasteiger partial charge on any atom is 0.391 e. The van der Waals surface area contributed by atoms with E-state index in [0.29, 0.717) is 17.8 Å². The summed E-state index contributed by atoms with van der Waals surface area (Å²) in [6.45, 7) is 1.97. The smallest absolute Gasteiger partial charge is 0.380 e. The molecule has 0 spiro atoms. The quantitative estimate of drug-likeness (QED) is 0.449. The number of rotatable bonds is 8. The SMILES string of the molecule is CCCNc1ccc(COCCC(F)(F)F)cc1[N+](=O)[O-]. The fraction of sp³-hybridized carbons (Fsp3) is 0.538. The molecule has 1 aromatic rings. The Hall–Kier alpha value is -1.83. The fourth-order valence-corrected chi connectivity index (χ4v) is 1.61. The van der Waals surface area contributed by atoms with Gasteiger partial charge in [0.05, 0.1) is 24.6 Å². The summed E-state index contributed by atoms with van der Waals surface area (Å²) in [6.07, 6.45) is -4.48. The molecule has 1 rings (SSSR count). The van der Waals surface area contributed by atoms with Gasteiger partial charge in [-0.05, 0) is 18.1 Å². The molecule has 1 N–H and O–H groups in total. The van der Waals surface area contributed by atoms with Gasteiger partial charge in [-0.2, -0.15) is 13.2 Å². The highest BCUT2D eigenvalue weighted by Gasteiger charge is 2.26. The molecule has 0 aliphatic carbocycles. The molecular weight excluding hydrogens is 289 g/mol. The van der Waals surface area contributed by atoms with E-state index in [9.17, 15) is 23.3 Å². The number of nitrogens with zero attached hydrogens (tertiary/aromatic N) is 1. The molecule has 0 atom stereocenters. The summed E-state index contributed by atoms with van der Waals surface area (Å²) in [7, 11) is 0. The summed E-state index contributed by atoms with van der Waals surface area (Å²) in [5.74, 6) is 0. The van der Waals surface area contributed by atoms with Crippen molar-refractivity contribution in [3.8, 4) is 0 Å². The lowest BCUT2D eigenvalue weighted by Crippen LogP contribution is -2.11. The van der Waals surface area contributed by atoms with Gasteiger partial charge in [-0.1, -0.05) is 13.0 Å². The minimum absolute atomic E-state index is 0.0923. The summed E-state index contributed by atoms with van der Waals surface area (Å²) < 4.78 is 40.7. The molecule has 0 amide bonds. The minimum Gasteiger partial charge on any atom is -0.380 e. The number of halogens is 3. The predicted molar refractivity (Wildman–Crippen MR) is 72.2 cm³/mol. The van der Waals surface area contributed by atoms with Crippen LogP contribution < -0.4 is 5.32 Å². The zero-order valence-electron chi connectivity index (χ0n) is 11.6. The van der Waals surface area contributed by atoms with Crippen molar-refractivity contribution < 1.29 is 22.8 Å². The number of hydrogen-bond donors (Lipinski definition) is 1. The second kappa shape index (κ2) is 7.82. The summed E-state index contributed by atoms with van der Waals surface area (Å²) in [5, 5.41) is 13.9. The van der Waals surface area contributed by atoms with Crippen LogP contribution in [0.3, 0.4) is 0 Å². The highest BCUT2D eigenvalue weighted by Crippen LogP contribution is 2.26. The van der Waals surface area contributed by atoms with Crippen LogP contribution in [0.4, 0.5) is 24.5 Å². The Bertz CT molecular complexity index is 478. The van der Waals surface area contributed by atoms with Crippen molar-refractivity contribution >= 4 is 11.4 Å². The average molecular weight is 306 g/mol. The largest absolute Gasteiger partial charge is 0.391 e. The molecule has 118 valence electrons. The maximum atomic E-state index is 11.9. The van der Waals surface area contributed by atoms with Crippen molar-refractivity contribution in [2.24, 2.45) is 0 Å². The number of anilines is 1. The van der Waals surface area contributed by atoms with E-state index in [1.54, 1.807) is 6.07 Å².